The molecule has 296 valence electrons. The molecule has 0 aliphatic rings. The molecule has 55 heavy (non-hydrogen) atoms. The molecular weight excluding hydrogens is 766 g/mol. The largest absolute Gasteiger partial charge is 0.534 e. The third-order valence-corrected chi connectivity index (χ3v) is 11.0. The fraction of sp³-hybridized carbons (Fsp3) is 0.316. The SMILES string of the molecule is COCOCc1cn(S(=O)(=O)c2ccc(C)cc2)c2c(OCc3ccccc3)cc(OS(=O)(=O)C(F)(F)F)c(C(CNCc3ccccc3)COCOC)c12. The van der Waals surface area contributed by atoms with Crippen LogP contribution in [0.4, 0.5) is 13.2 Å². The van der Waals surface area contributed by atoms with Crippen LogP contribution in [0.1, 0.15) is 33.7 Å². The van der Waals surface area contributed by atoms with Crippen LogP contribution < -0.4 is 14.2 Å². The van der Waals surface area contributed by atoms with Crippen molar-refractivity contribution in [1.82, 2.24) is 9.29 Å². The van der Waals surface area contributed by atoms with Crippen molar-refractivity contribution in [2.45, 2.75) is 43.0 Å². The molecule has 1 atom stereocenters. The van der Waals surface area contributed by atoms with Gasteiger partial charge in [0, 0.05) is 62.0 Å². The second-order valence-corrected chi connectivity index (χ2v) is 15.7. The molecule has 5 aromatic rings. The molecule has 0 radical (unpaired) electrons. The van der Waals surface area contributed by atoms with E-state index in [4.69, 9.17) is 27.9 Å². The van der Waals surface area contributed by atoms with Crippen LogP contribution in [0.3, 0.4) is 0 Å². The zero-order valence-corrected chi connectivity index (χ0v) is 31.9. The van der Waals surface area contributed by atoms with Crippen molar-refractivity contribution >= 4 is 31.0 Å². The number of nitrogens with zero attached hydrogens (tertiary/aromatic N) is 1. The summed E-state index contributed by atoms with van der Waals surface area (Å²) in [7, 11) is -7.95. The van der Waals surface area contributed by atoms with Gasteiger partial charge in [-0.2, -0.15) is 21.6 Å². The van der Waals surface area contributed by atoms with Gasteiger partial charge >= 0.3 is 15.6 Å². The van der Waals surface area contributed by atoms with Gasteiger partial charge in [-0.05, 0) is 30.2 Å². The van der Waals surface area contributed by atoms with Gasteiger partial charge in [-0.3, -0.25) is 0 Å². The summed E-state index contributed by atoms with van der Waals surface area (Å²) in [4.78, 5) is -0.0978. The molecule has 0 fully saturated rings. The Balaban J connectivity index is 1.83. The summed E-state index contributed by atoms with van der Waals surface area (Å²) < 4.78 is 130. The van der Waals surface area contributed by atoms with Gasteiger partial charge in [0.15, 0.2) is 5.75 Å². The first-order valence-electron chi connectivity index (χ1n) is 16.9. The van der Waals surface area contributed by atoms with Gasteiger partial charge in [0.25, 0.3) is 10.0 Å². The standard InChI is InChI=1S/C38H41F3N2O10S2/c1-27-14-16-32(17-15-27)54(44,45)43-21-31(24-51-26-49-3)36-35(30(23-50-25-48-2)20-42-19-28-10-6-4-7-11-28)33(53-55(46,47)38(39,40)41)18-34(37(36)43)52-22-29-12-8-5-9-13-29/h4-18,21,30,42H,19-20,22-26H2,1-3H3. The Bertz CT molecular complexity index is 2230. The predicted molar refractivity (Wildman–Crippen MR) is 197 cm³/mol. The van der Waals surface area contributed by atoms with Crippen molar-refractivity contribution < 1.29 is 57.9 Å². The number of ether oxygens (including phenoxy) is 5. The maximum absolute atomic E-state index is 14.5. The van der Waals surface area contributed by atoms with Crippen molar-refractivity contribution in [2.24, 2.45) is 0 Å². The molecule has 1 unspecified atom stereocenters. The average Bonchev–Trinajstić information content (AvgIpc) is 3.54. The zero-order valence-electron chi connectivity index (χ0n) is 30.2. The van der Waals surface area contributed by atoms with E-state index in [-0.39, 0.29) is 72.6 Å². The summed E-state index contributed by atoms with van der Waals surface area (Å²) in [5.74, 6) is -2.00. The summed E-state index contributed by atoms with van der Waals surface area (Å²) in [6.07, 6.45) is 1.26. The smallest absolute Gasteiger partial charge is 0.487 e. The van der Waals surface area contributed by atoms with Crippen molar-refractivity contribution in [3.8, 4) is 11.5 Å². The van der Waals surface area contributed by atoms with Gasteiger partial charge in [0.05, 0.1) is 18.1 Å². The lowest BCUT2D eigenvalue weighted by molar-refractivity contribution is -0.0501. The minimum absolute atomic E-state index is 0.00534. The maximum atomic E-state index is 14.5. The Kier molecular flexibility index (Phi) is 14.0. The lowest BCUT2D eigenvalue weighted by Crippen LogP contribution is -2.30. The highest BCUT2D eigenvalue weighted by atomic mass is 32.2. The number of aromatic nitrogens is 1. The van der Waals surface area contributed by atoms with Crippen LogP contribution >= 0.6 is 0 Å². The first kappa shape index (κ1) is 41.7. The second kappa shape index (κ2) is 18.4. The number of fused-ring (bicyclic) bond motifs is 1. The number of hydrogen-bond acceptors (Lipinski definition) is 11. The first-order chi connectivity index (χ1) is 26.3. The highest BCUT2D eigenvalue weighted by Gasteiger charge is 2.49. The fourth-order valence-corrected chi connectivity index (χ4v) is 7.66. The van der Waals surface area contributed by atoms with Crippen LogP contribution in [-0.4, -0.2) is 67.3 Å². The summed E-state index contributed by atoms with van der Waals surface area (Å²) in [6.45, 7) is 0.924. The highest BCUT2D eigenvalue weighted by molar-refractivity contribution is 7.90. The van der Waals surface area contributed by atoms with Crippen LogP contribution in [-0.2, 0) is 58.8 Å². The number of alkyl halides is 3. The van der Waals surface area contributed by atoms with Crippen LogP contribution in [0.5, 0.6) is 11.5 Å². The third-order valence-electron chi connectivity index (χ3n) is 8.33. The van der Waals surface area contributed by atoms with Gasteiger partial charge < -0.3 is 33.2 Å². The summed E-state index contributed by atoms with van der Waals surface area (Å²) in [6, 6.07) is 25.0. The molecule has 0 amide bonds. The van der Waals surface area contributed by atoms with E-state index < -0.39 is 37.3 Å². The molecule has 17 heteroatoms. The third kappa shape index (κ3) is 10.2. The van der Waals surface area contributed by atoms with E-state index in [0.717, 1.165) is 21.2 Å². The Morgan fingerprint density at radius 3 is 2.02 bits per heavy atom. The highest BCUT2D eigenvalue weighted by Crippen LogP contribution is 2.46. The molecule has 0 spiro atoms. The fourth-order valence-electron chi connectivity index (χ4n) is 5.80. The molecule has 0 saturated carbocycles. The lowest BCUT2D eigenvalue weighted by Gasteiger charge is -2.24. The Morgan fingerprint density at radius 2 is 1.40 bits per heavy atom. The van der Waals surface area contributed by atoms with Crippen LogP contribution in [0.2, 0.25) is 0 Å². The molecule has 0 saturated heterocycles. The van der Waals surface area contributed by atoms with Crippen molar-refractivity contribution in [3.05, 3.63) is 125 Å². The monoisotopic (exact) mass is 806 g/mol. The van der Waals surface area contributed by atoms with E-state index in [2.05, 4.69) is 5.32 Å². The summed E-state index contributed by atoms with van der Waals surface area (Å²) >= 11 is 0. The zero-order chi connectivity index (χ0) is 39.6. The molecule has 0 bridgehead atoms. The van der Waals surface area contributed by atoms with Gasteiger partial charge in [-0.15, -0.1) is 0 Å². The van der Waals surface area contributed by atoms with Crippen LogP contribution in [0.25, 0.3) is 10.9 Å². The Labute approximate surface area is 317 Å². The Hall–Kier alpha value is -4.49. The molecule has 0 aliphatic carbocycles. The molecule has 0 aliphatic heterocycles. The van der Waals surface area contributed by atoms with E-state index in [1.807, 2.05) is 30.3 Å². The van der Waals surface area contributed by atoms with E-state index in [0.29, 0.717) is 12.1 Å². The van der Waals surface area contributed by atoms with E-state index in [1.54, 1.807) is 49.4 Å². The Morgan fingerprint density at radius 1 is 0.782 bits per heavy atom. The molecular formula is C38H41F3N2O10S2. The van der Waals surface area contributed by atoms with Gasteiger partial charge in [-0.1, -0.05) is 78.4 Å². The maximum Gasteiger partial charge on any atom is 0.534 e. The number of rotatable bonds is 20. The van der Waals surface area contributed by atoms with E-state index in [9.17, 15) is 30.0 Å². The molecule has 12 nitrogen and oxygen atoms in total. The normalized spacial score (nSPS) is 12.9. The number of hydrogen-bond donors (Lipinski definition) is 1. The number of halogens is 3. The van der Waals surface area contributed by atoms with Gasteiger partial charge in [0.1, 0.15) is 31.5 Å². The lowest BCUT2D eigenvalue weighted by atomic mass is 9.92. The van der Waals surface area contributed by atoms with Crippen LogP contribution in [0, 0.1) is 6.92 Å². The molecule has 1 aromatic heterocycles. The minimum Gasteiger partial charge on any atom is -0.487 e. The number of methoxy groups -OCH3 is 2. The number of aryl methyl sites for hydroxylation is 1. The summed E-state index contributed by atoms with van der Waals surface area (Å²) in [5.41, 5.74) is -3.56. The first-order valence-corrected chi connectivity index (χ1v) is 19.7. The van der Waals surface area contributed by atoms with Crippen LogP contribution in [0.15, 0.2) is 102 Å². The van der Waals surface area contributed by atoms with Gasteiger partial charge in [0.2, 0.25) is 0 Å². The predicted octanol–water partition coefficient (Wildman–Crippen LogP) is 6.61. The quantitative estimate of drug-likeness (QED) is 0.0394. The topological polar surface area (TPSA) is 141 Å². The molecule has 4 aromatic carbocycles. The second-order valence-electron chi connectivity index (χ2n) is 12.4. The van der Waals surface area contributed by atoms with Crippen molar-refractivity contribution in [2.75, 3.05) is 41.0 Å². The average molecular weight is 807 g/mol. The van der Waals surface area contributed by atoms with Gasteiger partial charge in [-0.25, -0.2) is 12.4 Å². The number of benzene rings is 4. The molecule has 1 N–H and O–H groups in total. The summed E-state index contributed by atoms with van der Waals surface area (Å²) in [5, 5.41) is 3.27. The minimum atomic E-state index is -6.27. The molecule has 5 rings (SSSR count). The van der Waals surface area contributed by atoms with E-state index >= 15 is 0 Å². The van der Waals surface area contributed by atoms with E-state index in [1.165, 1.54) is 32.5 Å². The number of nitrogens with one attached hydrogen (secondary N) is 1. The molecule has 1 heterocycles. The van der Waals surface area contributed by atoms with Crippen molar-refractivity contribution in [3.63, 3.8) is 0 Å². The van der Waals surface area contributed by atoms with Crippen molar-refractivity contribution in [1.29, 1.82) is 0 Å².